The number of sulfonamides is 1. The molecule has 1 aromatic heterocycles. The van der Waals surface area contributed by atoms with Gasteiger partial charge in [-0.3, -0.25) is 5.01 Å². The highest BCUT2D eigenvalue weighted by molar-refractivity contribution is 7.89. The maximum atomic E-state index is 13.2. The summed E-state index contributed by atoms with van der Waals surface area (Å²) in [5, 5.41) is 6.61. The van der Waals surface area contributed by atoms with Crippen molar-refractivity contribution >= 4 is 21.9 Å². The number of nitrogens with one attached hydrogen (secondary N) is 1. The number of H-pyrrole nitrogens is 1. The first-order valence-electron chi connectivity index (χ1n) is 10.2. The number of hydrazone groups is 1. The number of nitrogens with zero attached hydrogens (tertiary/aromatic N) is 4. The number of benzene rings is 1. The van der Waals surface area contributed by atoms with Crippen LogP contribution in [-0.2, 0) is 10.0 Å². The molecule has 0 atom stereocenters. The zero-order valence-electron chi connectivity index (χ0n) is 16.6. The topological polar surface area (TPSA) is 70.4 Å². The molecule has 0 aliphatic carbocycles. The Morgan fingerprint density at radius 1 is 0.897 bits per heavy atom. The molecule has 0 spiro atoms. The molecule has 2 aliphatic heterocycles. The van der Waals surface area contributed by atoms with E-state index in [-0.39, 0.29) is 0 Å². The quantitative estimate of drug-likeness (QED) is 0.700. The Kier molecular flexibility index (Phi) is 6.10. The molecule has 0 saturated carbocycles. The molecule has 4 rings (SSSR count). The van der Waals surface area contributed by atoms with Crippen LogP contribution in [0.5, 0.6) is 0 Å². The van der Waals surface area contributed by atoms with Gasteiger partial charge in [-0.25, -0.2) is 13.4 Å². The van der Waals surface area contributed by atoms with E-state index in [0.717, 1.165) is 56.7 Å². The first-order valence-corrected chi connectivity index (χ1v) is 11.7. The van der Waals surface area contributed by atoms with Gasteiger partial charge in [0.2, 0.25) is 0 Å². The van der Waals surface area contributed by atoms with E-state index in [1.807, 2.05) is 47.6 Å². The third-order valence-corrected chi connectivity index (χ3v) is 7.43. The van der Waals surface area contributed by atoms with Crippen LogP contribution in [0.4, 0.5) is 5.69 Å². The lowest BCUT2D eigenvalue weighted by atomic mass is 10.2. The van der Waals surface area contributed by atoms with Crippen LogP contribution in [0.1, 0.15) is 24.8 Å². The first kappa shape index (κ1) is 19.8. The van der Waals surface area contributed by atoms with Crippen molar-refractivity contribution in [3.8, 4) is 0 Å². The fraction of sp³-hybridized carbons (Fsp3) is 0.429. The first-order chi connectivity index (χ1) is 14.1. The number of piperazine rings is 1. The summed E-state index contributed by atoms with van der Waals surface area (Å²) >= 11 is 0. The van der Waals surface area contributed by atoms with Gasteiger partial charge in [0, 0.05) is 32.2 Å². The van der Waals surface area contributed by atoms with Crippen molar-refractivity contribution in [1.82, 2.24) is 9.31 Å². The smallest absolute Gasteiger partial charge is 0.251 e. The Hall–Kier alpha value is -2.45. The summed E-state index contributed by atoms with van der Waals surface area (Å²) in [7, 11) is -3.48. The number of hydrogen-bond donors (Lipinski definition) is 0. The molecule has 0 radical (unpaired) electrons. The molecule has 1 N–H and O–H groups in total. The van der Waals surface area contributed by atoms with Gasteiger partial charge in [-0.05, 0) is 18.4 Å². The van der Waals surface area contributed by atoms with Crippen LogP contribution in [0, 0.1) is 0 Å². The Morgan fingerprint density at radius 2 is 1.62 bits per heavy atom. The minimum atomic E-state index is -3.48. The predicted octanol–water partition coefficient (Wildman–Crippen LogP) is 1.83. The monoisotopic (exact) mass is 414 g/mol. The summed E-state index contributed by atoms with van der Waals surface area (Å²) in [6, 6.07) is 11.9. The average molecular weight is 415 g/mol. The summed E-state index contributed by atoms with van der Waals surface area (Å²) in [6.45, 7) is 4.20. The van der Waals surface area contributed by atoms with Crippen molar-refractivity contribution < 1.29 is 13.4 Å². The number of aromatic amines is 1. The van der Waals surface area contributed by atoms with Gasteiger partial charge < -0.3 is 4.90 Å². The van der Waals surface area contributed by atoms with Crippen molar-refractivity contribution in [2.75, 3.05) is 44.2 Å². The van der Waals surface area contributed by atoms with E-state index < -0.39 is 10.0 Å². The lowest BCUT2D eigenvalue weighted by Crippen LogP contribution is -2.45. The highest BCUT2D eigenvalue weighted by atomic mass is 32.2. The molecule has 2 aliphatic rings. The van der Waals surface area contributed by atoms with Crippen molar-refractivity contribution in [1.29, 1.82) is 0 Å². The van der Waals surface area contributed by atoms with Gasteiger partial charge in [0.15, 0.2) is 17.3 Å². The van der Waals surface area contributed by atoms with Gasteiger partial charge in [0.1, 0.15) is 0 Å². The Morgan fingerprint density at radius 3 is 2.34 bits per heavy atom. The SMILES string of the molecule is O=S(=O)(c1c[nH+]ccc1N1CCN(/N=C\c2ccccc2)CC1)N1CCCCC1. The van der Waals surface area contributed by atoms with Gasteiger partial charge in [-0.1, -0.05) is 36.8 Å². The minimum absolute atomic E-state index is 0.378. The van der Waals surface area contributed by atoms with Crippen molar-refractivity contribution in [2.45, 2.75) is 24.2 Å². The van der Waals surface area contributed by atoms with E-state index >= 15 is 0 Å². The third kappa shape index (κ3) is 4.59. The second kappa shape index (κ2) is 8.92. The Labute approximate surface area is 172 Å². The number of rotatable bonds is 5. The van der Waals surface area contributed by atoms with Gasteiger partial charge in [-0.2, -0.15) is 9.41 Å². The second-order valence-electron chi connectivity index (χ2n) is 7.45. The van der Waals surface area contributed by atoms with Crippen LogP contribution in [0.15, 0.2) is 58.8 Å². The number of aromatic nitrogens is 1. The van der Waals surface area contributed by atoms with Crippen LogP contribution in [0.2, 0.25) is 0 Å². The highest BCUT2D eigenvalue weighted by Crippen LogP contribution is 2.28. The van der Waals surface area contributed by atoms with Crippen molar-refractivity contribution in [3.63, 3.8) is 0 Å². The minimum Gasteiger partial charge on any atom is -0.366 e. The highest BCUT2D eigenvalue weighted by Gasteiger charge is 2.32. The van der Waals surface area contributed by atoms with E-state index in [1.54, 1.807) is 16.7 Å². The Balaban J connectivity index is 1.46. The van der Waals surface area contributed by atoms with Gasteiger partial charge in [-0.15, -0.1) is 0 Å². The average Bonchev–Trinajstić information content (AvgIpc) is 2.79. The molecule has 0 amide bonds. The zero-order valence-corrected chi connectivity index (χ0v) is 17.4. The molecule has 2 saturated heterocycles. The third-order valence-electron chi connectivity index (χ3n) is 5.50. The molecular weight excluding hydrogens is 386 g/mol. The predicted molar refractivity (Wildman–Crippen MR) is 113 cm³/mol. The lowest BCUT2D eigenvalue weighted by Gasteiger charge is -2.35. The van der Waals surface area contributed by atoms with Crippen LogP contribution in [0.3, 0.4) is 0 Å². The summed E-state index contributed by atoms with van der Waals surface area (Å²) in [4.78, 5) is 5.50. The maximum Gasteiger partial charge on any atom is 0.251 e. The second-order valence-corrected chi connectivity index (χ2v) is 9.36. The largest absolute Gasteiger partial charge is 0.366 e. The lowest BCUT2D eigenvalue weighted by molar-refractivity contribution is -0.380. The molecule has 154 valence electrons. The molecule has 8 heteroatoms. The van der Waals surface area contributed by atoms with E-state index in [9.17, 15) is 8.42 Å². The van der Waals surface area contributed by atoms with Crippen LogP contribution >= 0.6 is 0 Å². The summed E-state index contributed by atoms with van der Waals surface area (Å²) < 4.78 is 28.1. The molecule has 29 heavy (non-hydrogen) atoms. The van der Waals surface area contributed by atoms with Gasteiger partial charge in [0.25, 0.3) is 10.0 Å². The summed E-state index contributed by atoms with van der Waals surface area (Å²) in [5.41, 5.74) is 1.85. The normalized spacial score (nSPS) is 19.0. The molecule has 0 bridgehead atoms. The summed E-state index contributed by atoms with van der Waals surface area (Å²) in [5.74, 6) is 0. The van der Waals surface area contributed by atoms with Crippen LogP contribution in [0.25, 0.3) is 0 Å². The Bertz CT molecular complexity index is 935. The summed E-state index contributed by atoms with van der Waals surface area (Å²) in [6.07, 6.45) is 8.26. The number of pyridine rings is 1. The fourth-order valence-electron chi connectivity index (χ4n) is 3.86. The molecule has 0 unspecified atom stereocenters. The van der Waals surface area contributed by atoms with Gasteiger partial charge in [0.05, 0.1) is 25.0 Å². The molecule has 1 aromatic carbocycles. The van der Waals surface area contributed by atoms with Gasteiger partial charge >= 0.3 is 0 Å². The number of piperidine rings is 1. The molecule has 3 heterocycles. The van der Waals surface area contributed by atoms with Crippen molar-refractivity contribution in [3.05, 3.63) is 54.4 Å². The molecule has 2 fully saturated rings. The van der Waals surface area contributed by atoms with E-state index in [1.165, 1.54) is 0 Å². The maximum absolute atomic E-state index is 13.2. The van der Waals surface area contributed by atoms with E-state index in [4.69, 9.17) is 0 Å². The number of anilines is 1. The van der Waals surface area contributed by atoms with E-state index in [0.29, 0.717) is 18.0 Å². The number of hydrogen-bond acceptors (Lipinski definition) is 5. The standard InChI is InChI=1S/C21H27N5O2S/c27-29(28,26-11-5-2-6-12-26)21-18-22-10-9-20(21)24-13-15-25(16-14-24)23-17-19-7-3-1-4-8-19/h1,3-4,7-10,17-18H,2,5-6,11-16H2/p+1/b23-17-. The van der Waals surface area contributed by atoms with E-state index in [2.05, 4.69) is 15.0 Å². The van der Waals surface area contributed by atoms with Crippen LogP contribution in [-0.4, -0.2) is 63.2 Å². The van der Waals surface area contributed by atoms with Crippen LogP contribution < -0.4 is 9.88 Å². The molecular formula is C21H28N5O2S+. The van der Waals surface area contributed by atoms with Crippen molar-refractivity contribution in [2.24, 2.45) is 5.10 Å². The fourth-order valence-corrected chi connectivity index (χ4v) is 5.55. The zero-order chi connectivity index (χ0) is 20.1. The molecule has 7 nitrogen and oxygen atoms in total. The molecule has 2 aromatic rings.